The van der Waals surface area contributed by atoms with E-state index in [0.717, 1.165) is 5.30 Å². The highest BCUT2D eigenvalue weighted by Gasteiger charge is 2.34. The van der Waals surface area contributed by atoms with Crippen LogP contribution in [0.3, 0.4) is 0 Å². The molecule has 0 heterocycles. The Balaban J connectivity index is 2.05. The third-order valence-electron chi connectivity index (χ3n) is 5.69. The first-order valence-corrected chi connectivity index (χ1v) is 10.9. The second-order valence-corrected chi connectivity index (χ2v) is 10.1. The van der Waals surface area contributed by atoms with Gasteiger partial charge in [-0.15, -0.1) is 0 Å². The summed E-state index contributed by atoms with van der Waals surface area (Å²) in [5, 5.41) is 19.9. The summed E-state index contributed by atoms with van der Waals surface area (Å²) >= 11 is 0. The maximum absolute atomic E-state index is 11.8. The van der Waals surface area contributed by atoms with Crippen LogP contribution in [-0.2, 0) is 0 Å². The number of carbonyl (C=O) groups is 2. The molecule has 0 aromatic heterocycles. The minimum absolute atomic E-state index is 0.221. The fourth-order valence-corrected chi connectivity index (χ4v) is 8.43. The summed E-state index contributed by atoms with van der Waals surface area (Å²) in [7, 11) is -0.630. The van der Waals surface area contributed by atoms with Gasteiger partial charge in [-0.3, -0.25) is 0 Å². The first-order valence-electron chi connectivity index (χ1n) is 9.47. The van der Waals surface area contributed by atoms with Crippen LogP contribution in [0.1, 0.15) is 84.9 Å². The highest BCUT2D eigenvalue weighted by atomic mass is 31.1. The van der Waals surface area contributed by atoms with Crippen molar-refractivity contribution < 1.29 is 19.8 Å². The van der Waals surface area contributed by atoms with E-state index in [1.807, 2.05) is 0 Å². The van der Waals surface area contributed by atoms with Gasteiger partial charge in [0, 0.05) is 0 Å². The predicted octanol–water partition coefficient (Wildman–Crippen LogP) is 4.86. The zero-order valence-corrected chi connectivity index (χ0v) is 15.5. The van der Waals surface area contributed by atoms with E-state index in [1.165, 1.54) is 76.3 Å². The number of hydrogen-bond acceptors (Lipinski definition) is 2. The quantitative estimate of drug-likeness (QED) is 0.734. The van der Waals surface area contributed by atoms with Gasteiger partial charge in [-0.05, 0) is 60.5 Å². The van der Waals surface area contributed by atoms with Gasteiger partial charge >= 0.3 is 11.9 Å². The molecule has 0 saturated heterocycles. The first kappa shape index (κ1) is 18.4. The Kier molecular flexibility index (Phi) is 6.11. The average Bonchev–Trinajstić information content (AvgIpc) is 2.63. The van der Waals surface area contributed by atoms with Crippen LogP contribution in [0.25, 0.3) is 0 Å². The minimum atomic E-state index is -0.972. The van der Waals surface area contributed by atoms with E-state index in [0.29, 0.717) is 16.9 Å². The summed E-state index contributed by atoms with van der Waals surface area (Å²) in [6, 6.07) is 4.63. The van der Waals surface area contributed by atoms with Gasteiger partial charge in [-0.1, -0.05) is 46.4 Å². The van der Waals surface area contributed by atoms with Crippen molar-refractivity contribution in [3.8, 4) is 0 Å². The van der Waals surface area contributed by atoms with Crippen LogP contribution in [0, 0.1) is 0 Å². The summed E-state index contributed by atoms with van der Waals surface area (Å²) in [5.41, 5.74) is 1.65. The topological polar surface area (TPSA) is 74.6 Å². The summed E-state index contributed by atoms with van der Waals surface area (Å²) in [6.07, 6.45) is 12.1. The standard InChI is InChI=1S/C20H27O4P/c21-19(22)14-11-12-17(20(23)24)18(13-14)25(15-7-3-1-4-8-15)16-9-5-2-6-10-16/h11-13,15-16H,1-10H2,(H,21,22)(H,23,24). The Labute approximate surface area is 150 Å². The molecular formula is C20H27O4P. The molecule has 2 fully saturated rings. The Morgan fingerprint density at radius 1 is 0.800 bits per heavy atom. The van der Waals surface area contributed by atoms with Crippen molar-refractivity contribution >= 4 is 25.2 Å². The van der Waals surface area contributed by atoms with Gasteiger partial charge in [0.05, 0.1) is 11.1 Å². The van der Waals surface area contributed by atoms with Gasteiger partial charge in [0.25, 0.3) is 0 Å². The van der Waals surface area contributed by atoms with Crippen LogP contribution >= 0.6 is 7.92 Å². The lowest BCUT2D eigenvalue weighted by Crippen LogP contribution is -2.29. The molecule has 1 aromatic rings. The van der Waals surface area contributed by atoms with Gasteiger partial charge in [0.15, 0.2) is 0 Å². The number of rotatable bonds is 5. The maximum Gasteiger partial charge on any atom is 0.336 e. The van der Waals surface area contributed by atoms with Crippen molar-refractivity contribution in [2.24, 2.45) is 0 Å². The van der Waals surface area contributed by atoms with E-state index < -0.39 is 19.9 Å². The Morgan fingerprint density at radius 3 is 1.76 bits per heavy atom. The van der Waals surface area contributed by atoms with Crippen LogP contribution in [0.4, 0.5) is 0 Å². The minimum Gasteiger partial charge on any atom is -0.478 e. The molecule has 4 nitrogen and oxygen atoms in total. The predicted molar refractivity (Wildman–Crippen MR) is 101 cm³/mol. The number of carboxylic acid groups (broad SMARTS) is 2. The third kappa shape index (κ3) is 4.23. The monoisotopic (exact) mass is 362 g/mol. The number of aromatic carboxylic acids is 2. The second kappa shape index (κ2) is 8.31. The lowest BCUT2D eigenvalue weighted by atomic mass is 9.99. The molecule has 5 heteroatoms. The molecular weight excluding hydrogens is 335 g/mol. The fourth-order valence-electron chi connectivity index (χ4n) is 4.47. The molecule has 3 rings (SSSR count). The van der Waals surface area contributed by atoms with Gasteiger partial charge in [-0.25, -0.2) is 9.59 Å². The number of carboxylic acids is 2. The molecule has 2 N–H and O–H groups in total. The van der Waals surface area contributed by atoms with Gasteiger partial charge in [0.1, 0.15) is 0 Å². The molecule has 0 amide bonds. The molecule has 0 unspecified atom stereocenters. The van der Waals surface area contributed by atoms with Gasteiger partial charge < -0.3 is 10.2 Å². The normalized spacial score (nSPS) is 19.9. The van der Waals surface area contributed by atoms with E-state index >= 15 is 0 Å². The molecule has 2 aliphatic rings. The Bertz CT molecular complexity index is 613. The van der Waals surface area contributed by atoms with E-state index in [1.54, 1.807) is 6.07 Å². The van der Waals surface area contributed by atoms with Crippen molar-refractivity contribution in [3.05, 3.63) is 29.3 Å². The highest BCUT2D eigenvalue weighted by molar-refractivity contribution is 7.67. The summed E-state index contributed by atoms with van der Waals surface area (Å²) in [6.45, 7) is 0. The Morgan fingerprint density at radius 2 is 1.32 bits per heavy atom. The van der Waals surface area contributed by atoms with Crippen molar-refractivity contribution in [3.63, 3.8) is 0 Å². The zero-order chi connectivity index (χ0) is 17.8. The molecule has 0 radical (unpaired) electrons. The highest BCUT2D eigenvalue weighted by Crippen LogP contribution is 2.55. The Hall–Kier alpha value is -1.41. The molecule has 2 aliphatic carbocycles. The lowest BCUT2D eigenvalue weighted by molar-refractivity contribution is 0.0682. The van der Waals surface area contributed by atoms with E-state index in [4.69, 9.17) is 0 Å². The summed E-state index contributed by atoms with van der Waals surface area (Å²) < 4.78 is 0. The van der Waals surface area contributed by atoms with Crippen molar-refractivity contribution in [2.75, 3.05) is 0 Å². The smallest absolute Gasteiger partial charge is 0.336 e. The summed E-state index contributed by atoms with van der Waals surface area (Å²) in [4.78, 5) is 23.3. The second-order valence-electron chi connectivity index (χ2n) is 7.33. The molecule has 25 heavy (non-hydrogen) atoms. The van der Waals surface area contributed by atoms with Crippen molar-refractivity contribution in [1.29, 1.82) is 0 Å². The lowest BCUT2D eigenvalue weighted by Gasteiger charge is -2.39. The van der Waals surface area contributed by atoms with Crippen LogP contribution in [-0.4, -0.2) is 33.5 Å². The molecule has 2 saturated carbocycles. The van der Waals surface area contributed by atoms with E-state index in [9.17, 15) is 19.8 Å². The largest absolute Gasteiger partial charge is 0.478 e. The molecule has 0 atom stereocenters. The van der Waals surface area contributed by atoms with Crippen LogP contribution < -0.4 is 5.30 Å². The molecule has 0 bridgehead atoms. The number of benzene rings is 1. The van der Waals surface area contributed by atoms with E-state index in [-0.39, 0.29) is 5.56 Å². The van der Waals surface area contributed by atoms with E-state index in [2.05, 4.69) is 0 Å². The zero-order valence-electron chi connectivity index (χ0n) is 14.6. The van der Waals surface area contributed by atoms with Crippen molar-refractivity contribution in [1.82, 2.24) is 0 Å². The molecule has 0 aliphatic heterocycles. The average molecular weight is 362 g/mol. The fraction of sp³-hybridized carbons (Fsp3) is 0.600. The molecule has 136 valence electrons. The molecule has 1 aromatic carbocycles. The first-order chi connectivity index (χ1) is 12.1. The summed E-state index contributed by atoms with van der Waals surface area (Å²) in [5.74, 6) is -1.90. The van der Waals surface area contributed by atoms with Crippen LogP contribution in [0.2, 0.25) is 0 Å². The van der Waals surface area contributed by atoms with Crippen LogP contribution in [0.5, 0.6) is 0 Å². The van der Waals surface area contributed by atoms with Gasteiger partial charge in [0.2, 0.25) is 0 Å². The molecule has 0 spiro atoms. The van der Waals surface area contributed by atoms with Gasteiger partial charge in [-0.2, -0.15) is 0 Å². The number of hydrogen-bond donors (Lipinski definition) is 2. The third-order valence-corrected chi connectivity index (χ3v) is 9.22. The SMILES string of the molecule is O=C(O)c1ccc(C(=O)O)c(P(C2CCCCC2)C2CCCCC2)c1. The van der Waals surface area contributed by atoms with Crippen LogP contribution in [0.15, 0.2) is 18.2 Å². The maximum atomic E-state index is 11.8. The van der Waals surface area contributed by atoms with Crippen molar-refractivity contribution in [2.45, 2.75) is 75.5 Å².